The Hall–Kier alpha value is -5.17. The lowest BCUT2D eigenvalue weighted by molar-refractivity contribution is 0.669. The Balaban J connectivity index is 1.42. The molecule has 0 unspecified atom stereocenters. The molecule has 0 amide bonds. The lowest BCUT2D eigenvalue weighted by Gasteiger charge is -2.17. The second kappa shape index (κ2) is 8.95. The largest absolute Gasteiger partial charge is 0.456 e. The lowest BCUT2D eigenvalue weighted by Crippen LogP contribution is -1.92. The van der Waals surface area contributed by atoms with Crippen LogP contribution >= 0.6 is 11.3 Å². The molecule has 40 heavy (non-hydrogen) atoms. The van der Waals surface area contributed by atoms with Gasteiger partial charge in [-0.25, -0.2) is 0 Å². The standard InChI is InChI=1S/C37H21NOS/c38-22-25-8-1-2-9-26(25)32-13-7-12-27(23-16-19-31-30-11-4-6-15-35(30)40-36(31)21-23)37(32)24-17-18-29-28-10-3-5-14-33(28)39-34(29)20-24/h1-21H. The Morgan fingerprint density at radius 3 is 2.10 bits per heavy atom. The van der Waals surface area contributed by atoms with Gasteiger partial charge in [-0.1, -0.05) is 91.0 Å². The quantitative estimate of drug-likeness (QED) is 0.229. The fourth-order valence-corrected chi connectivity index (χ4v) is 7.06. The number of benzene rings is 6. The topological polar surface area (TPSA) is 36.9 Å². The summed E-state index contributed by atoms with van der Waals surface area (Å²) in [5.74, 6) is 0. The highest BCUT2D eigenvalue weighted by Gasteiger charge is 2.18. The Labute approximate surface area is 235 Å². The van der Waals surface area contributed by atoms with Crippen molar-refractivity contribution in [1.29, 1.82) is 5.26 Å². The van der Waals surface area contributed by atoms with Gasteiger partial charge in [-0.2, -0.15) is 5.26 Å². The summed E-state index contributed by atoms with van der Waals surface area (Å²) in [5.41, 5.74) is 8.77. The second-order valence-corrected chi connectivity index (χ2v) is 11.1. The van der Waals surface area contributed by atoms with Gasteiger partial charge in [0, 0.05) is 36.5 Å². The first-order valence-corrected chi connectivity index (χ1v) is 14.1. The van der Waals surface area contributed by atoms with Crippen LogP contribution in [0.2, 0.25) is 0 Å². The monoisotopic (exact) mass is 527 g/mol. The van der Waals surface area contributed by atoms with Crippen molar-refractivity contribution in [2.24, 2.45) is 0 Å². The summed E-state index contributed by atoms with van der Waals surface area (Å²) < 4.78 is 8.85. The van der Waals surface area contributed by atoms with Gasteiger partial charge >= 0.3 is 0 Å². The van der Waals surface area contributed by atoms with E-state index in [9.17, 15) is 5.26 Å². The van der Waals surface area contributed by atoms with Gasteiger partial charge < -0.3 is 4.42 Å². The third-order valence-electron chi connectivity index (χ3n) is 7.76. The SMILES string of the molecule is N#Cc1ccccc1-c1cccc(-c2ccc3c(c2)sc2ccccc23)c1-c1ccc2c(c1)oc1ccccc12. The fraction of sp³-hybridized carbons (Fsp3) is 0. The van der Waals surface area contributed by atoms with Crippen molar-refractivity contribution < 1.29 is 4.42 Å². The van der Waals surface area contributed by atoms with E-state index in [1.54, 1.807) is 0 Å². The maximum Gasteiger partial charge on any atom is 0.136 e. The van der Waals surface area contributed by atoms with E-state index in [1.807, 2.05) is 53.8 Å². The van der Waals surface area contributed by atoms with Crippen molar-refractivity contribution in [2.75, 3.05) is 0 Å². The summed E-state index contributed by atoms with van der Waals surface area (Å²) in [7, 11) is 0. The number of nitrogens with zero attached hydrogens (tertiary/aromatic N) is 1. The molecule has 8 rings (SSSR count). The smallest absolute Gasteiger partial charge is 0.136 e. The molecule has 0 N–H and O–H groups in total. The van der Waals surface area contributed by atoms with Gasteiger partial charge in [-0.3, -0.25) is 0 Å². The molecule has 0 spiro atoms. The first kappa shape index (κ1) is 22.8. The third kappa shape index (κ3) is 3.48. The van der Waals surface area contributed by atoms with Crippen LogP contribution in [0.5, 0.6) is 0 Å². The molecular weight excluding hydrogens is 506 g/mol. The van der Waals surface area contributed by atoms with E-state index < -0.39 is 0 Å². The average Bonchev–Trinajstić information content (AvgIpc) is 3.58. The minimum Gasteiger partial charge on any atom is -0.456 e. The molecule has 0 bridgehead atoms. The number of para-hydroxylation sites is 1. The van der Waals surface area contributed by atoms with E-state index in [2.05, 4.69) is 91.0 Å². The molecule has 6 aromatic carbocycles. The van der Waals surface area contributed by atoms with Crippen LogP contribution in [0.25, 0.3) is 75.5 Å². The lowest BCUT2D eigenvalue weighted by atomic mass is 9.86. The first-order chi connectivity index (χ1) is 19.8. The number of fused-ring (bicyclic) bond motifs is 6. The summed E-state index contributed by atoms with van der Waals surface area (Å²) in [6.45, 7) is 0. The Kier molecular flexibility index (Phi) is 5.10. The average molecular weight is 528 g/mol. The molecule has 0 aliphatic carbocycles. The van der Waals surface area contributed by atoms with E-state index in [0.29, 0.717) is 5.56 Å². The summed E-state index contributed by atoms with van der Waals surface area (Å²) in [5, 5.41) is 14.8. The van der Waals surface area contributed by atoms with E-state index >= 15 is 0 Å². The number of hydrogen-bond acceptors (Lipinski definition) is 3. The predicted molar refractivity (Wildman–Crippen MR) is 168 cm³/mol. The van der Waals surface area contributed by atoms with Crippen LogP contribution in [-0.2, 0) is 0 Å². The van der Waals surface area contributed by atoms with Gasteiger partial charge in [0.15, 0.2) is 0 Å². The molecule has 8 aromatic rings. The molecule has 2 aromatic heterocycles. The summed E-state index contributed by atoms with van der Waals surface area (Å²) in [6.07, 6.45) is 0. The van der Waals surface area contributed by atoms with E-state index in [4.69, 9.17) is 4.42 Å². The minimum absolute atomic E-state index is 0.658. The van der Waals surface area contributed by atoms with Crippen LogP contribution in [0.3, 0.4) is 0 Å². The molecule has 0 aliphatic rings. The maximum atomic E-state index is 9.97. The molecule has 0 radical (unpaired) electrons. The maximum absolute atomic E-state index is 9.97. The number of hydrogen-bond donors (Lipinski definition) is 0. The number of nitriles is 1. The van der Waals surface area contributed by atoms with Gasteiger partial charge in [-0.05, 0) is 64.2 Å². The highest BCUT2D eigenvalue weighted by atomic mass is 32.1. The van der Waals surface area contributed by atoms with Gasteiger partial charge in [0.25, 0.3) is 0 Å². The Morgan fingerprint density at radius 1 is 0.500 bits per heavy atom. The van der Waals surface area contributed by atoms with Crippen LogP contribution in [0, 0.1) is 11.3 Å². The van der Waals surface area contributed by atoms with E-state index in [1.165, 1.54) is 20.2 Å². The first-order valence-electron chi connectivity index (χ1n) is 13.2. The highest BCUT2D eigenvalue weighted by Crippen LogP contribution is 2.44. The molecule has 3 heteroatoms. The van der Waals surface area contributed by atoms with Crippen LogP contribution in [0.4, 0.5) is 0 Å². The molecule has 186 valence electrons. The van der Waals surface area contributed by atoms with Gasteiger partial charge in [0.1, 0.15) is 11.2 Å². The Morgan fingerprint density at radius 2 is 1.18 bits per heavy atom. The molecule has 2 heterocycles. The zero-order valence-electron chi connectivity index (χ0n) is 21.4. The van der Waals surface area contributed by atoms with Crippen LogP contribution < -0.4 is 0 Å². The van der Waals surface area contributed by atoms with Crippen molar-refractivity contribution in [2.45, 2.75) is 0 Å². The normalized spacial score (nSPS) is 11.5. The van der Waals surface area contributed by atoms with Crippen molar-refractivity contribution in [3.63, 3.8) is 0 Å². The van der Waals surface area contributed by atoms with Crippen LogP contribution in [0.15, 0.2) is 132 Å². The summed E-state index contributed by atoms with van der Waals surface area (Å²) in [4.78, 5) is 0. The Bertz CT molecular complexity index is 2300. The van der Waals surface area contributed by atoms with E-state index in [-0.39, 0.29) is 0 Å². The zero-order chi connectivity index (χ0) is 26.6. The number of furan rings is 1. The molecule has 0 saturated heterocycles. The molecule has 0 atom stereocenters. The van der Waals surface area contributed by atoms with Gasteiger partial charge in [-0.15, -0.1) is 11.3 Å². The summed E-state index contributed by atoms with van der Waals surface area (Å²) in [6, 6.07) is 46.6. The predicted octanol–water partition coefficient (Wildman–Crippen LogP) is 10.8. The third-order valence-corrected chi connectivity index (χ3v) is 8.89. The highest BCUT2D eigenvalue weighted by molar-refractivity contribution is 7.25. The van der Waals surface area contributed by atoms with Crippen molar-refractivity contribution >= 4 is 53.4 Å². The molecule has 0 saturated carbocycles. The number of rotatable bonds is 3. The van der Waals surface area contributed by atoms with Crippen LogP contribution in [-0.4, -0.2) is 0 Å². The minimum atomic E-state index is 0.658. The summed E-state index contributed by atoms with van der Waals surface area (Å²) >= 11 is 1.83. The molecule has 0 aliphatic heterocycles. The van der Waals surface area contributed by atoms with Crippen molar-refractivity contribution in [3.05, 3.63) is 133 Å². The fourth-order valence-electron chi connectivity index (χ4n) is 5.92. The number of thiophene rings is 1. The second-order valence-electron chi connectivity index (χ2n) is 10.0. The van der Waals surface area contributed by atoms with Gasteiger partial charge in [0.2, 0.25) is 0 Å². The van der Waals surface area contributed by atoms with Gasteiger partial charge in [0.05, 0.1) is 11.6 Å². The van der Waals surface area contributed by atoms with E-state index in [0.717, 1.165) is 55.3 Å². The zero-order valence-corrected chi connectivity index (χ0v) is 22.2. The van der Waals surface area contributed by atoms with Crippen LogP contribution in [0.1, 0.15) is 5.56 Å². The molecule has 2 nitrogen and oxygen atoms in total. The van der Waals surface area contributed by atoms with Crippen molar-refractivity contribution in [3.8, 4) is 39.4 Å². The molecule has 0 fully saturated rings. The van der Waals surface area contributed by atoms with Crippen molar-refractivity contribution in [1.82, 2.24) is 0 Å². The molecular formula is C37H21NOS.